The number of hydrogen-bond donors (Lipinski definition) is 3. The summed E-state index contributed by atoms with van der Waals surface area (Å²) in [6.45, 7) is -0.0216. The highest BCUT2D eigenvalue weighted by Crippen LogP contribution is 2.35. The summed E-state index contributed by atoms with van der Waals surface area (Å²) in [4.78, 5) is 9.97. The summed E-state index contributed by atoms with van der Waals surface area (Å²) in [5.41, 5.74) is 4.12. The van der Waals surface area contributed by atoms with Crippen LogP contribution >= 0.6 is 12.2 Å². The fourth-order valence-electron chi connectivity index (χ4n) is 1.51. The molecular formula is C11H11F3N2O2S. The third-order valence-electron chi connectivity index (χ3n) is 2.27. The molecule has 0 aliphatic rings. The summed E-state index contributed by atoms with van der Waals surface area (Å²) in [6, 6.07) is 3.44. The predicted molar refractivity (Wildman–Crippen MR) is 68.1 cm³/mol. The molecule has 0 spiro atoms. The molecule has 0 atom stereocenters. The lowest BCUT2D eigenvalue weighted by Gasteiger charge is -2.16. The number of rotatable bonds is 5. The van der Waals surface area contributed by atoms with Gasteiger partial charge in [-0.1, -0.05) is 18.3 Å². The highest BCUT2D eigenvalue weighted by atomic mass is 32.1. The average molecular weight is 292 g/mol. The van der Waals surface area contributed by atoms with E-state index in [9.17, 15) is 18.0 Å². The minimum atomic E-state index is -4.58. The zero-order chi connectivity index (χ0) is 14.6. The van der Waals surface area contributed by atoms with E-state index in [-0.39, 0.29) is 24.2 Å². The smallest absolute Gasteiger partial charge is 0.417 e. The molecule has 0 aromatic heterocycles. The molecule has 1 aromatic rings. The van der Waals surface area contributed by atoms with Crippen molar-refractivity contribution in [3.63, 3.8) is 0 Å². The Morgan fingerprint density at radius 2 is 2.05 bits per heavy atom. The Labute approximate surface area is 112 Å². The number of thiocarbonyl (C=S) groups is 1. The molecule has 4 N–H and O–H groups in total. The van der Waals surface area contributed by atoms with E-state index in [1.54, 1.807) is 0 Å². The first kappa shape index (κ1) is 15.2. The monoisotopic (exact) mass is 292 g/mol. The standard InChI is InChI=1S/C11H11F3N2O2S/c12-11(13,14)6-2-1-3-7(9(6)10(15)19)16-5-4-8(17)18/h1-3,16H,4-5H2,(H2,15,19)(H,17,18). The van der Waals surface area contributed by atoms with E-state index in [1.807, 2.05) is 0 Å². The fraction of sp³-hybridized carbons (Fsp3) is 0.273. The molecule has 0 saturated carbocycles. The molecule has 1 rings (SSSR count). The van der Waals surface area contributed by atoms with Gasteiger partial charge in [0.05, 0.1) is 12.0 Å². The number of aliphatic carboxylic acids is 1. The summed E-state index contributed by atoms with van der Waals surface area (Å²) < 4.78 is 38.4. The molecule has 8 heteroatoms. The Balaban J connectivity index is 3.11. The van der Waals surface area contributed by atoms with E-state index >= 15 is 0 Å². The summed E-state index contributed by atoms with van der Waals surface area (Å²) in [7, 11) is 0. The molecule has 0 saturated heterocycles. The Morgan fingerprint density at radius 1 is 1.42 bits per heavy atom. The van der Waals surface area contributed by atoms with Gasteiger partial charge < -0.3 is 16.2 Å². The lowest BCUT2D eigenvalue weighted by molar-refractivity contribution is -0.138. The van der Waals surface area contributed by atoms with Crippen LogP contribution in [0.2, 0.25) is 0 Å². The lowest BCUT2D eigenvalue weighted by Crippen LogP contribution is -2.21. The van der Waals surface area contributed by atoms with E-state index in [0.717, 1.165) is 6.07 Å². The van der Waals surface area contributed by atoms with E-state index in [0.29, 0.717) is 0 Å². The van der Waals surface area contributed by atoms with Gasteiger partial charge in [0.2, 0.25) is 0 Å². The number of nitrogens with two attached hydrogens (primary N) is 1. The van der Waals surface area contributed by atoms with Gasteiger partial charge in [-0.15, -0.1) is 0 Å². The van der Waals surface area contributed by atoms with E-state index in [1.165, 1.54) is 12.1 Å². The SMILES string of the molecule is NC(=S)c1c(NCCC(=O)O)cccc1C(F)(F)F. The highest BCUT2D eigenvalue weighted by Gasteiger charge is 2.35. The van der Waals surface area contributed by atoms with Crippen LogP contribution in [0.15, 0.2) is 18.2 Å². The van der Waals surface area contributed by atoms with Gasteiger partial charge in [0.15, 0.2) is 0 Å². The maximum atomic E-state index is 12.8. The van der Waals surface area contributed by atoms with Crippen molar-refractivity contribution in [3.8, 4) is 0 Å². The molecule has 0 heterocycles. The Morgan fingerprint density at radius 3 is 2.53 bits per heavy atom. The maximum absolute atomic E-state index is 12.8. The number of carboxylic acid groups (broad SMARTS) is 1. The van der Waals surface area contributed by atoms with Crippen LogP contribution in [0.4, 0.5) is 18.9 Å². The molecule has 0 unspecified atom stereocenters. The van der Waals surface area contributed by atoms with Crippen LogP contribution in [0.5, 0.6) is 0 Å². The molecule has 0 radical (unpaired) electrons. The Bertz CT molecular complexity index is 503. The quantitative estimate of drug-likeness (QED) is 0.726. The second kappa shape index (κ2) is 5.87. The van der Waals surface area contributed by atoms with Gasteiger partial charge in [-0.05, 0) is 12.1 Å². The van der Waals surface area contributed by atoms with Crippen LogP contribution in [0.1, 0.15) is 17.5 Å². The topological polar surface area (TPSA) is 75.3 Å². The summed E-state index contributed by atoms with van der Waals surface area (Å²) in [6.07, 6.45) is -4.81. The molecule has 0 aliphatic heterocycles. The third kappa shape index (κ3) is 4.09. The third-order valence-corrected chi connectivity index (χ3v) is 2.47. The van der Waals surface area contributed by atoms with Crippen molar-refractivity contribution in [3.05, 3.63) is 29.3 Å². The minimum Gasteiger partial charge on any atom is -0.481 e. The van der Waals surface area contributed by atoms with Gasteiger partial charge in [0.25, 0.3) is 0 Å². The van der Waals surface area contributed by atoms with Gasteiger partial charge in [-0.25, -0.2) is 0 Å². The molecular weight excluding hydrogens is 281 g/mol. The maximum Gasteiger partial charge on any atom is 0.417 e. The van der Waals surface area contributed by atoms with Crippen LogP contribution in [0.3, 0.4) is 0 Å². The van der Waals surface area contributed by atoms with Crippen molar-refractivity contribution in [1.29, 1.82) is 0 Å². The number of alkyl halides is 3. The van der Waals surface area contributed by atoms with Crippen molar-refractivity contribution in [2.24, 2.45) is 5.73 Å². The molecule has 0 bridgehead atoms. The van der Waals surface area contributed by atoms with Crippen molar-refractivity contribution < 1.29 is 23.1 Å². The molecule has 1 aromatic carbocycles. The van der Waals surface area contributed by atoms with Crippen molar-refractivity contribution in [1.82, 2.24) is 0 Å². The Kier molecular flexibility index (Phi) is 4.71. The molecule has 19 heavy (non-hydrogen) atoms. The highest BCUT2D eigenvalue weighted by molar-refractivity contribution is 7.80. The number of anilines is 1. The van der Waals surface area contributed by atoms with Crippen LogP contribution < -0.4 is 11.1 Å². The first-order valence-corrected chi connectivity index (χ1v) is 5.60. The van der Waals surface area contributed by atoms with Gasteiger partial charge in [-0.2, -0.15) is 13.2 Å². The van der Waals surface area contributed by atoms with Gasteiger partial charge in [0.1, 0.15) is 4.99 Å². The number of nitrogens with one attached hydrogen (secondary N) is 1. The van der Waals surface area contributed by atoms with E-state index < -0.39 is 22.7 Å². The summed E-state index contributed by atoms with van der Waals surface area (Å²) in [5.74, 6) is -1.06. The minimum absolute atomic E-state index is 0.0216. The summed E-state index contributed by atoms with van der Waals surface area (Å²) in [5, 5.41) is 11.1. The number of benzene rings is 1. The van der Waals surface area contributed by atoms with Crippen LogP contribution in [-0.4, -0.2) is 22.6 Å². The van der Waals surface area contributed by atoms with E-state index in [2.05, 4.69) is 17.5 Å². The molecule has 4 nitrogen and oxygen atoms in total. The first-order chi connectivity index (χ1) is 8.73. The lowest BCUT2D eigenvalue weighted by atomic mass is 10.0. The molecule has 0 aliphatic carbocycles. The van der Waals surface area contributed by atoms with E-state index in [4.69, 9.17) is 10.8 Å². The first-order valence-electron chi connectivity index (χ1n) is 5.19. The van der Waals surface area contributed by atoms with Crippen LogP contribution in [0.25, 0.3) is 0 Å². The predicted octanol–water partition coefficient (Wildman–Crippen LogP) is 2.23. The van der Waals surface area contributed by atoms with Gasteiger partial charge in [-0.3, -0.25) is 4.79 Å². The average Bonchev–Trinajstić information content (AvgIpc) is 2.26. The zero-order valence-corrected chi connectivity index (χ0v) is 10.4. The number of carboxylic acids is 1. The number of carbonyl (C=O) groups is 1. The normalized spacial score (nSPS) is 11.1. The molecule has 0 fully saturated rings. The molecule has 104 valence electrons. The second-order valence-corrected chi connectivity index (χ2v) is 4.10. The largest absolute Gasteiger partial charge is 0.481 e. The summed E-state index contributed by atoms with van der Waals surface area (Å²) >= 11 is 4.63. The molecule has 0 amide bonds. The number of hydrogen-bond acceptors (Lipinski definition) is 3. The zero-order valence-electron chi connectivity index (χ0n) is 9.62. The fourth-order valence-corrected chi connectivity index (χ4v) is 1.73. The second-order valence-electron chi connectivity index (χ2n) is 3.66. The van der Waals surface area contributed by atoms with Crippen molar-refractivity contribution >= 4 is 28.9 Å². The van der Waals surface area contributed by atoms with Gasteiger partial charge >= 0.3 is 12.1 Å². The van der Waals surface area contributed by atoms with Crippen LogP contribution in [0, 0.1) is 0 Å². The Hall–Kier alpha value is -1.83. The number of halogens is 3. The van der Waals surface area contributed by atoms with Crippen molar-refractivity contribution in [2.75, 3.05) is 11.9 Å². The van der Waals surface area contributed by atoms with Crippen LogP contribution in [-0.2, 0) is 11.0 Å². The van der Waals surface area contributed by atoms with Gasteiger partial charge in [0, 0.05) is 17.8 Å². The van der Waals surface area contributed by atoms with Crippen molar-refractivity contribution in [2.45, 2.75) is 12.6 Å².